The van der Waals surface area contributed by atoms with Crippen LogP contribution in [0.1, 0.15) is 58.8 Å². The number of rotatable bonds is 3. The standard InChI is InChI=1S/C15H28N2O/c1-11-7-12(2)9-14(8-11)17-15(18)10-13-5-3-4-6-16-13/h11-14,16H,3-10H2,1-2H3,(H,17,18). The summed E-state index contributed by atoms with van der Waals surface area (Å²) >= 11 is 0. The van der Waals surface area contributed by atoms with Crippen LogP contribution < -0.4 is 10.6 Å². The summed E-state index contributed by atoms with van der Waals surface area (Å²) in [7, 11) is 0. The first-order valence-electron chi connectivity index (χ1n) is 7.66. The van der Waals surface area contributed by atoms with E-state index >= 15 is 0 Å². The molecule has 0 spiro atoms. The Labute approximate surface area is 111 Å². The van der Waals surface area contributed by atoms with Crippen molar-refractivity contribution >= 4 is 5.91 Å². The second-order valence-corrected chi connectivity index (χ2v) is 6.53. The zero-order chi connectivity index (χ0) is 13.0. The topological polar surface area (TPSA) is 41.1 Å². The van der Waals surface area contributed by atoms with E-state index in [9.17, 15) is 4.79 Å². The minimum Gasteiger partial charge on any atom is -0.353 e. The summed E-state index contributed by atoms with van der Waals surface area (Å²) in [6, 6.07) is 0.831. The summed E-state index contributed by atoms with van der Waals surface area (Å²) in [6.07, 6.45) is 7.99. The molecule has 1 amide bonds. The van der Waals surface area contributed by atoms with Gasteiger partial charge in [-0.15, -0.1) is 0 Å². The highest BCUT2D eigenvalue weighted by Gasteiger charge is 2.25. The van der Waals surface area contributed by atoms with E-state index in [4.69, 9.17) is 0 Å². The minimum atomic E-state index is 0.251. The lowest BCUT2D eigenvalue weighted by Gasteiger charge is -2.32. The molecule has 2 fully saturated rings. The molecule has 2 N–H and O–H groups in total. The highest BCUT2D eigenvalue weighted by atomic mass is 16.1. The highest BCUT2D eigenvalue weighted by Crippen LogP contribution is 2.28. The van der Waals surface area contributed by atoms with Crippen LogP contribution in [-0.4, -0.2) is 24.5 Å². The average Bonchev–Trinajstić information content (AvgIpc) is 2.28. The van der Waals surface area contributed by atoms with Gasteiger partial charge < -0.3 is 10.6 Å². The first-order chi connectivity index (χ1) is 8.63. The molecule has 1 heterocycles. The molecule has 3 unspecified atom stereocenters. The summed E-state index contributed by atoms with van der Waals surface area (Å²) in [5.41, 5.74) is 0. The highest BCUT2D eigenvalue weighted by molar-refractivity contribution is 5.76. The number of amides is 1. The number of carbonyl (C=O) groups excluding carboxylic acids is 1. The smallest absolute Gasteiger partial charge is 0.221 e. The third-order valence-electron chi connectivity index (χ3n) is 4.39. The largest absolute Gasteiger partial charge is 0.353 e. The number of hydrogen-bond acceptors (Lipinski definition) is 2. The van der Waals surface area contributed by atoms with E-state index in [-0.39, 0.29) is 5.91 Å². The SMILES string of the molecule is CC1CC(C)CC(NC(=O)CC2CCCCN2)C1. The van der Waals surface area contributed by atoms with Crippen molar-refractivity contribution in [2.75, 3.05) is 6.54 Å². The van der Waals surface area contributed by atoms with Crippen molar-refractivity contribution in [2.45, 2.75) is 70.9 Å². The molecular formula is C15H28N2O. The quantitative estimate of drug-likeness (QED) is 0.810. The van der Waals surface area contributed by atoms with Gasteiger partial charge in [-0.25, -0.2) is 0 Å². The van der Waals surface area contributed by atoms with E-state index in [1.54, 1.807) is 0 Å². The Morgan fingerprint density at radius 3 is 2.50 bits per heavy atom. The second-order valence-electron chi connectivity index (χ2n) is 6.53. The molecule has 0 bridgehead atoms. The Hall–Kier alpha value is -0.570. The first-order valence-corrected chi connectivity index (χ1v) is 7.66. The van der Waals surface area contributed by atoms with E-state index in [1.807, 2.05) is 0 Å². The number of hydrogen-bond donors (Lipinski definition) is 2. The molecule has 3 atom stereocenters. The van der Waals surface area contributed by atoms with Crippen molar-refractivity contribution in [3.8, 4) is 0 Å². The van der Waals surface area contributed by atoms with E-state index in [2.05, 4.69) is 24.5 Å². The van der Waals surface area contributed by atoms with Crippen molar-refractivity contribution in [3.63, 3.8) is 0 Å². The molecule has 18 heavy (non-hydrogen) atoms. The molecule has 2 rings (SSSR count). The van der Waals surface area contributed by atoms with Gasteiger partial charge in [-0.1, -0.05) is 20.3 Å². The van der Waals surface area contributed by atoms with E-state index in [1.165, 1.54) is 19.3 Å². The Kier molecular flexibility index (Phi) is 5.04. The fraction of sp³-hybridized carbons (Fsp3) is 0.933. The molecule has 3 nitrogen and oxygen atoms in total. The number of nitrogens with one attached hydrogen (secondary N) is 2. The summed E-state index contributed by atoms with van der Waals surface area (Å²) in [5, 5.41) is 6.69. The van der Waals surface area contributed by atoms with Crippen LogP contribution >= 0.6 is 0 Å². The molecule has 0 aromatic carbocycles. The van der Waals surface area contributed by atoms with Crippen molar-refractivity contribution in [1.29, 1.82) is 0 Å². The summed E-state index contributed by atoms with van der Waals surface area (Å²) in [5.74, 6) is 1.76. The van der Waals surface area contributed by atoms with Gasteiger partial charge in [0.05, 0.1) is 0 Å². The van der Waals surface area contributed by atoms with Crippen molar-refractivity contribution in [3.05, 3.63) is 0 Å². The van der Waals surface area contributed by atoms with Crippen molar-refractivity contribution < 1.29 is 4.79 Å². The Morgan fingerprint density at radius 2 is 1.89 bits per heavy atom. The fourth-order valence-corrected chi connectivity index (χ4v) is 3.67. The predicted octanol–water partition coefficient (Wildman–Crippen LogP) is 2.46. The summed E-state index contributed by atoms with van der Waals surface area (Å²) < 4.78 is 0. The third kappa shape index (κ3) is 4.27. The maximum atomic E-state index is 12.0. The maximum Gasteiger partial charge on any atom is 0.221 e. The predicted molar refractivity (Wildman–Crippen MR) is 74.4 cm³/mol. The van der Waals surface area contributed by atoms with E-state index < -0.39 is 0 Å². The maximum absolute atomic E-state index is 12.0. The van der Waals surface area contributed by atoms with Gasteiger partial charge in [0, 0.05) is 18.5 Å². The lowest BCUT2D eigenvalue weighted by molar-refractivity contribution is -0.122. The molecule has 0 radical (unpaired) electrons. The fourth-order valence-electron chi connectivity index (χ4n) is 3.67. The molecule has 1 aliphatic carbocycles. The van der Waals surface area contributed by atoms with Gasteiger partial charge in [0.2, 0.25) is 5.91 Å². The molecule has 3 heteroatoms. The van der Waals surface area contributed by atoms with Crippen LogP contribution in [0.3, 0.4) is 0 Å². The molecule has 1 saturated carbocycles. The average molecular weight is 252 g/mol. The first kappa shape index (κ1) is 13.9. The van der Waals surface area contributed by atoms with Gasteiger partial charge >= 0.3 is 0 Å². The monoisotopic (exact) mass is 252 g/mol. The lowest BCUT2D eigenvalue weighted by atomic mass is 9.80. The number of piperidine rings is 1. The van der Waals surface area contributed by atoms with Crippen molar-refractivity contribution in [2.24, 2.45) is 11.8 Å². The van der Waals surface area contributed by atoms with Gasteiger partial charge in [0.15, 0.2) is 0 Å². The van der Waals surface area contributed by atoms with Crippen LogP contribution in [-0.2, 0) is 4.79 Å². The van der Waals surface area contributed by atoms with Crippen LogP contribution in [0, 0.1) is 11.8 Å². The van der Waals surface area contributed by atoms with Gasteiger partial charge in [-0.2, -0.15) is 0 Å². The van der Waals surface area contributed by atoms with Gasteiger partial charge in [-0.05, 0) is 50.5 Å². The molecule has 1 aliphatic heterocycles. The third-order valence-corrected chi connectivity index (χ3v) is 4.39. The normalized spacial score (nSPS) is 37.2. The van der Waals surface area contributed by atoms with Gasteiger partial charge in [0.25, 0.3) is 0 Å². The Bertz CT molecular complexity index is 264. The molecule has 0 aromatic rings. The molecular weight excluding hydrogens is 224 g/mol. The summed E-state index contributed by atoms with van der Waals surface area (Å²) in [6.45, 7) is 5.68. The van der Waals surface area contributed by atoms with Crippen LogP contribution in [0.4, 0.5) is 0 Å². The van der Waals surface area contributed by atoms with Crippen LogP contribution in [0.5, 0.6) is 0 Å². The lowest BCUT2D eigenvalue weighted by Crippen LogP contribution is -2.44. The summed E-state index contributed by atoms with van der Waals surface area (Å²) in [4.78, 5) is 12.0. The van der Waals surface area contributed by atoms with Gasteiger partial charge in [0.1, 0.15) is 0 Å². The van der Waals surface area contributed by atoms with Crippen LogP contribution in [0.25, 0.3) is 0 Å². The molecule has 1 saturated heterocycles. The molecule has 2 aliphatic rings. The zero-order valence-electron chi connectivity index (χ0n) is 11.9. The Balaban J connectivity index is 1.72. The van der Waals surface area contributed by atoms with E-state index in [0.717, 1.165) is 37.6 Å². The van der Waals surface area contributed by atoms with Crippen molar-refractivity contribution in [1.82, 2.24) is 10.6 Å². The van der Waals surface area contributed by atoms with Gasteiger partial charge in [-0.3, -0.25) is 4.79 Å². The minimum absolute atomic E-state index is 0.251. The molecule has 104 valence electrons. The second kappa shape index (κ2) is 6.55. The Morgan fingerprint density at radius 1 is 1.17 bits per heavy atom. The van der Waals surface area contributed by atoms with E-state index in [0.29, 0.717) is 18.5 Å². The van der Waals surface area contributed by atoms with Crippen LogP contribution in [0.2, 0.25) is 0 Å². The molecule has 0 aromatic heterocycles. The van der Waals surface area contributed by atoms with Crippen LogP contribution in [0.15, 0.2) is 0 Å². The zero-order valence-corrected chi connectivity index (χ0v) is 11.9. The number of carbonyl (C=O) groups is 1.